The van der Waals surface area contributed by atoms with Crippen LogP contribution in [0.1, 0.15) is 51.9 Å². The van der Waals surface area contributed by atoms with Gasteiger partial charge in [0.15, 0.2) is 0 Å². The molecule has 0 aliphatic rings. The SMILES string of the molecule is CC/C=C\C[C@H](O)/C=C/C=C\C\C=C/C=C/C=C/[C@@H](NC[C@H](NC(=O)CC[CH-]N)C(=O)NCC(=O)O)[C@@H](O)CCC(=O)O.O=CO.[Y]. The molecule has 0 aromatic rings. The Morgan fingerprint density at radius 1 is 0.872 bits per heavy atom. The van der Waals surface area contributed by atoms with Crippen LogP contribution in [0.2, 0.25) is 0 Å². The fraction of sp³-hybridized carbons (Fsp3) is 0.438. The number of rotatable bonds is 24. The van der Waals surface area contributed by atoms with Crippen molar-refractivity contribution in [3.05, 3.63) is 79.5 Å². The first-order valence-corrected chi connectivity index (χ1v) is 14.7. The zero-order valence-electron chi connectivity index (χ0n) is 26.7. The number of carbonyl (C=O) groups is 5. The first kappa shape index (κ1) is 48.1. The Balaban J connectivity index is -0.00000464. The van der Waals surface area contributed by atoms with Crippen molar-refractivity contribution in [3.63, 3.8) is 0 Å². The summed E-state index contributed by atoms with van der Waals surface area (Å²) in [5, 5.41) is 52.8. The molecule has 4 atom stereocenters. The van der Waals surface area contributed by atoms with Crippen molar-refractivity contribution in [1.29, 1.82) is 0 Å². The Kier molecular flexibility index (Phi) is 34.9. The molecule has 0 unspecified atom stereocenters. The van der Waals surface area contributed by atoms with Gasteiger partial charge in [0.2, 0.25) is 11.8 Å². The Morgan fingerprint density at radius 2 is 1.49 bits per heavy atom. The molecule has 0 aromatic heterocycles. The van der Waals surface area contributed by atoms with Gasteiger partial charge in [-0.1, -0.05) is 79.8 Å². The largest absolute Gasteiger partial charge is 0.483 e. The number of aliphatic hydroxyl groups excluding tert-OH is 2. The Labute approximate surface area is 301 Å². The van der Waals surface area contributed by atoms with Crippen LogP contribution in [-0.4, -0.2) is 93.1 Å². The molecule has 0 aromatic carbocycles. The molecule has 14 nitrogen and oxygen atoms in total. The van der Waals surface area contributed by atoms with Crippen LogP contribution in [-0.2, 0) is 56.7 Å². The summed E-state index contributed by atoms with van der Waals surface area (Å²) in [5.74, 6) is -3.55. The smallest absolute Gasteiger partial charge is 0.322 e. The summed E-state index contributed by atoms with van der Waals surface area (Å²) in [4.78, 5) is 54.9. The van der Waals surface area contributed by atoms with Crippen LogP contribution in [0.15, 0.2) is 72.9 Å². The molecule has 10 N–H and O–H groups in total. The van der Waals surface area contributed by atoms with Gasteiger partial charge in [-0.05, 0) is 25.7 Å². The van der Waals surface area contributed by atoms with Gasteiger partial charge in [0.1, 0.15) is 12.6 Å². The summed E-state index contributed by atoms with van der Waals surface area (Å²) in [6, 6.07) is -1.94. The van der Waals surface area contributed by atoms with Crippen molar-refractivity contribution in [2.24, 2.45) is 5.73 Å². The number of allylic oxidation sites excluding steroid dienone is 9. The van der Waals surface area contributed by atoms with Crippen molar-refractivity contribution in [2.75, 3.05) is 13.1 Å². The van der Waals surface area contributed by atoms with E-state index < -0.39 is 54.6 Å². The second kappa shape index (κ2) is 34.1. The third-order valence-electron chi connectivity index (χ3n) is 5.65. The zero-order valence-corrected chi connectivity index (χ0v) is 29.5. The second-order valence-corrected chi connectivity index (χ2v) is 9.47. The van der Waals surface area contributed by atoms with Crippen molar-refractivity contribution >= 4 is 30.2 Å². The molecule has 0 bridgehead atoms. The molecule has 0 aliphatic carbocycles. The average molecular weight is 739 g/mol. The van der Waals surface area contributed by atoms with E-state index in [9.17, 15) is 29.4 Å². The van der Waals surface area contributed by atoms with Crippen LogP contribution >= 0.6 is 0 Å². The third-order valence-corrected chi connectivity index (χ3v) is 5.65. The van der Waals surface area contributed by atoms with Gasteiger partial charge in [0, 0.05) is 52.1 Å². The number of carbonyl (C=O) groups excluding carboxylic acids is 2. The quantitative estimate of drug-likeness (QED) is 0.0295. The predicted molar refractivity (Wildman–Crippen MR) is 174 cm³/mol. The van der Waals surface area contributed by atoms with Crippen LogP contribution in [0.5, 0.6) is 0 Å². The molecular weight excluding hydrogens is 689 g/mol. The van der Waals surface area contributed by atoms with Crippen molar-refractivity contribution in [3.8, 4) is 0 Å². The summed E-state index contributed by atoms with van der Waals surface area (Å²) in [6.45, 7) is 2.28. The van der Waals surface area contributed by atoms with Crippen LogP contribution in [0.3, 0.4) is 0 Å². The van der Waals surface area contributed by atoms with Crippen LogP contribution in [0.4, 0.5) is 0 Å². The maximum atomic E-state index is 12.5. The van der Waals surface area contributed by atoms with E-state index in [0.717, 1.165) is 6.42 Å². The number of aliphatic carboxylic acids is 2. The number of hydrogen-bond donors (Lipinski definition) is 9. The van der Waals surface area contributed by atoms with Crippen molar-refractivity contribution < 1.29 is 82.2 Å². The van der Waals surface area contributed by atoms with E-state index >= 15 is 0 Å². The number of nitrogens with one attached hydrogen (secondary N) is 3. The number of nitrogens with two attached hydrogens (primary N) is 1. The van der Waals surface area contributed by atoms with Gasteiger partial charge in [0.05, 0.1) is 18.2 Å². The maximum Gasteiger partial charge on any atom is 0.322 e. The Hall–Kier alpha value is -3.27. The molecule has 0 fully saturated rings. The first-order valence-electron chi connectivity index (χ1n) is 14.7. The summed E-state index contributed by atoms with van der Waals surface area (Å²) >= 11 is 0. The molecule has 0 spiro atoms. The minimum absolute atomic E-state index is 0. The van der Waals surface area contributed by atoms with E-state index in [0.29, 0.717) is 12.8 Å². The summed E-state index contributed by atoms with van der Waals surface area (Å²) in [7, 11) is 0. The molecule has 0 saturated heterocycles. The minimum Gasteiger partial charge on any atom is -0.483 e. The molecule has 261 valence electrons. The monoisotopic (exact) mass is 738 g/mol. The number of carboxylic acid groups (broad SMARTS) is 3. The van der Waals surface area contributed by atoms with Crippen LogP contribution in [0.25, 0.3) is 0 Å². The fourth-order valence-electron chi connectivity index (χ4n) is 3.39. The van der Waals surface area contributed by atoms with E-state index in [1.165, 1.54) is 6.54 Å². The molecular formula is C32H49N4O10Y-. The van der Waals surface area contributed by atoms with Gasteiger partial charge in [0.25, 0.3) is 6.47 Å². The van der Waals surface area contributed by atoms with E-state index in [1.807, 2.05) is 43.4 Å². The fourth-order valence-corrected chi connectivity index (χ4v) is 3.39. The number of hydrogen-bond acceptors (Lipinski definition) is 9. The predicted octanol–water partition coefficient (Wildman–Crippen LogP) is 1.34. The number of carboxylic acids is 2. The molecule has 0 heterocycles. The maximum absolute atomic E-state index is 12.5. The summed E-state index contributed by atoms with van der Waals surface area (Å²) in [5.41, 5.74) is 5.30. The molecule has 0 saturated carbocycles. The molecule has 47 heavy (non-hydrogen) atoms. The van der Waals surface area contributed by atoms with Crippen LogP contribution in [0, 0.1) is 6.54 Å². The van der Waals surface area contributed by atoms with E-state index in [1.54, 1.807) is 36.5 Å². The topological polar surface area (TPSA) is 249 Å². The molecule has 1 radical (unpaired) electrons. The van der Waals surface area contributed by atoms with Gasteiger partial charge in [-0.3, -0.25) is 30.5 Å². The molecule has 0 rings (SSSR count). The van der Waals surface area contributed by atoms with E-state index in [2.05, 4.69) is 16.0 Å². The summed E-state index contributed by atoms with van der Waals surface area (Å²) in [6.07, 6.45) is 22.2. The number of amides is 2. The van der Waals surface area contributed by atoms with Crippen molar-refractivity contribution in [1.82, 2.24) is 16.0 Å². The third kappa shape index (κ3) is 32.5. The minimum atomic E-state index is -1.26. The van der Waals surface area contributed by atoms with E-state index in [4.69, 9.17) is 25.8 Å². The Morgan fingerprint density at radius 3 is 2.09 bits per heavy atom. The van der Waals surface area contributed by atoms with Gasteiger partial charge in [-0.25, -0.2) is 0 Å². The van der Waals surface area contributed by atoms with Gasteiger partial charge >= 0.3 is 11.9 Å². The standard InChI is InChI=1S/C31H47N4O8.CH2O2.Y/c1-2-3-11-15-24(36)16-12-9-7-5-4-6-8-10-13-17-25(27(37)19-20-29(39)40)33-22-26(31(43)34-23-30(41)42)35-28(38)18-14-21-32;2-1-3;/h3-4,6-13,16-17,21,24-27,33,36-37H,2,5,14-15,18-20,22-23,32H2,1H3,(H,34,43)(H,35,38)(H,39,40)(H,41,42);1H,(H,2,3);/q-1;;/b6-4-,9-7-,10-8+,11-3-,16-12+,17-13+;;/t24-,25+,26-,27-;;/m0../s1. The van der Waals surface area contributed by atoms with Crippen molar-refractivity contribution in [2.45, 2.75) is 76.2 Å². The van der Waals surface area contributed by atoms with Gasteiger partial charge in [-0.2, -0.15) is 6.42 Å². The van der Waals surface area contributed by atoms with Gasteiger partial charge in [-0.15, -0.1) is 0 Å². The molecule has 0 aliphatic heterocycles. The first-order chi connectivity index (χ1) is 22.0. The van der Waals surface area contributed by atoms with E-state index in [-0.39, 0.29) is 71.4 Å². The Bertz CT molecular complexity index is 1060. The average Bonchev–Trinajstić information content (AvgIpc) is 3.01. The number of aliphatic hydroxyl groups is 2. The molecule has 15 heteroatoms. The zero-order chi connectivity index (χ0) is 35.0. The van der Waals surface area contributed by atoms with Crippen LogP contribution < -0.4 is 21.7 Å². The normalized spacial score (nSPS) is 14.1. The molecule has 2 amide bonds. The summed E-state index contributed by atoms with van der Waals surface area (Å²) < 4.78 is 0. The van der Waals surface area contributed by atoms with Gasteiger partial charge < -0.3 is 47.2 Å². The second-order valence-electron chi connectivity index (χ2n) is 9.47.